The van der Waals surface area contributed by atoms with Crippen LogP contribution in [0.3, 0.4) is 0 Å². The molecular formula is C15H13Cl2N3OS. The molecule has 7 heteroatoms. The quantitative estimate of drug-likeness (QED) is 0.853. The standard InChI is InChI=1S/C15H13Cl2N3OS/c16-11-3-4-13(12(17)8-11)19-15(21)20-6-7-22-14(20)10-2-1-5-18-9-10/h1-5,8-9,14H,6-7H2,(H,19,21). The Bertz CT molecular complexity index is 684. The molecule has 1 atom stereocenters. The summed E-state index contributed by atoms with van der Waals surface area (Å²) in [6, 6.07) is 8.68. The smallest absolute Gasteiger partial charge is 0.308 e. The van der Waals surface area contributed by atoms with Crippen molar-refractivity contribution in [1.29, 1.82) is 0 Å². The first-order valence-electron chi connectivity index (χ1n) is 6.69. The molecule has 0 radical (unpaired) electrons. The Hall–Kier alpha value is -1.43. The minimum atomic E-state index is -0.178. The number of nitrogens with zero attached hydrogens (tertiary/aromatic N) is 2. The van der Waals surface area contributed by atoms with Gasteiger partial charge in [0.1, 0.15) is 5.37 Å². The van der Waals surface area contributed by atoms with Crippen molar-refractivity contribution in [3.8, 4) is 0 Å². The summed E-state index contributed by atoms with van der Waals surface area (Å²) in [6.07, 6.45) is 3.51. The van der Waals surface area contributed by atoms with Gasteiger partial charge in [0.2, 0.25) is 0 Å². The minimum absolute atomic E-state index is 0.0280. The third kappa shape index (κ3) is 3.32. The molecule has 3 rings (SSSR count). The summed E-state index contributed by atoms with van der Waals surface area (Å²) in [5, 5.41) is 3.77. The van der Waals surface area contributed by atoms with Crippen LogP contribution in [0.15, 0.2) is 42.7 Å². The molecule has 2 aromatic rings. The monoisotopic (exact) mass is 353 g/mol. The van der Waals surface area contributed by atoms with Gasteiger partial charge in [-0.05, 0) is 24.3 Å². The zero-order valence-corrected chi connectivity index (χ0v) is 13.8. The SMILES string of the molecule is O=C(Nc1ccc(Cl)cc1Cl)N1CCSC1c1cccnc1. The summed E-state index contributed by atoms with van der Waals surface area (Å²) in [5.74, 6) is 0.890. The predicted octanol–water partition coefficient (Wildman–Crippen LogP) is 4.67. The Kier molecular flexibility index (Phi) is 4.76. The highest BCUT2D eigenvalue weighted by molar-refractivity contribution is 7.99. The molecule has 1 aliphatic rings. The van der Waals surface area contributed by atoms with Crippen molar-refractivity contribution in [3.63, 3.8) is 0 Å². The number of hydrogen-bond acceptors (Lipinski definition) is 3. The lowest BCUT2D eigenvalue weighted by molar-refractivity contribution is 0.214. The second-order valence-electron chi connectivity index (χ2n) is 4.76. The van der Waals surface area contributed by atoms with Gasteiger partial charge in [-0.1, -0.05) is 29.3 Å². The zero-order chi connectivity index (χ0) is 15.5. The van der Waals surface area contributed by atoms with Crippen molar-refractivity contribution >= 4 is 46.7 Å². The molecule has 1 aromatic heterocycles. The van der Waals surface area contributed by atoms with Crippen molar-refractivity contribution < 1.29 is 4.79 Å². The summed E-state index contributed by atoms with van der Waals surface area (Å²) in [6.45, 7) is 0.682. The van der Waals surface area contributed by atoms with E-state index in [-0.39, 0.29) is 11.4 Å². The normalized spacial score (nSPS) is 17.5. The lowest BCUT2D eigenvalue weighted by atomic mass is 10.2. The molecule has 1 aromatic carbocycles. The number of nitrogens with one attached hydrogen (secondary N) is 1. The summed E-state index contributed by atoms with van der Waals surface area (Å²) in [7, 11) is 0. The number of benzene rings is 1. The molecule has 2 heterocycles. The average molecular weight is 354 g/mol. The number of anilines is 1. The van der Waals surface area contributed by atoms with Crippen LogP contribution >= 0.6 is 35.0 Å². The zero-order valence-electron chi connectivity index (χ0n) is 11.5. The Morgan fingerprint density at radius 3 is 2.95 bits per heavy atom. The molecule has 1 unspecified atom stereocenters. The molecule has 0 spiro atoms. The van der Waals surface area contributed by atoms with Gasteiger partial charge < -0.3 is 10.2 Å². The van der Waals surface area contributed by atoms with Crippen molar-refractivity contribution in [1.82, 2.24) is 9.88 Å². The molecule has 2 amide bonds. The summed E-state index contributed by atoms with van der Waals surface area (Å²) < 4.78 is 0. The first kappa shape index (κ1) is 15.5. The van der Waals surface area contributed by atoms with Crippen molar-refractivity contribution in [2.24, 2.45) is 0 Å². The number of urea groups is 1. The number of pyridine rings is 1. The van der Waals surface area contributed by atoms with Gasteiger partial charge in [0.05, 0.1) is 10.7 Å². The lowest BCUT2D eigenvalue weighted by Crippen LogP contribution is -2.34. The number of carbonyl (C=O) groups is 1. The maximum atomic E-state index is 12.5. The Morgan fingerprint density at radius 2 is 2.23 bits per heavy atom. The second kappa shape index (κ2) is 6.77. The number of amides is 2. The van der Waals surface area contributed by atoms with E-state index in [0.29, 0.717) is 22.3 Å². The van der Waals surface area contributed by atoms with Gasteiger partial charge in [-0.3, -0.25) is 4.98 Å². The minimum Gasteiger partial charge on any atom is -0.308 e. The number of thioether (sulfide) groups is 1. The lowest BCUT2D eigenvalue weighted by Gasteiger charge is -2.24. The number of halogens is 2. The van der Waals surface area contributed by atoms with E-state index in [1.165, 1.54) is 0 Å². The molecule has 22 heavy (non-hydrogen) atoms. The van der Waals surface area contributed by atoms with Gasteiger partial charge in [0, 0.05) is 35.3 Å². The average Bonchev–Trinajstić information content (AvgIpc) is 3.00. The number of rotatable bonds is 2. The highest BCUT2D eigenvalue weighted by Gasteiger charge is 2.31. The van der Waals surface area contributed by atoms with Crippen molar-refractivity contribution in [2.45, 2.75) is 5.37 Å². The van der Waals surface area contributed by atoms with Crippen LogP contribution in [0.1, 0.15) is 10.9 Å². The fraction of sp³-hybridized carbons (Fsp3) is 0.200. The number of hydrogen-bond donors (Lipinski definition) is 1. The predicted molar refractivity (Wildman–Crippen MR) is 91.6 cm³/mol. The van der Waals surface area contributed by atoms with Crippen LogP contribution in [0, 0.1) is 0 Å². The number of aromatic nitrogens is 1. The van der Waals surface area contributed by atoms with Gasteiger partial charge in [0.15, 0.2) is 0 Å². The van der Waals surface area contributed by atoms with E-state index in [2.05, 4.69) is 10.3 Å². The molecule has 1 aliphatic heterocycles. The highest BCUT2D eigenvalue weighted by Crippen LogP contribution is 2.38. The van der Waals surface area contributed by atoms with E-state index in [0.717, 1.165) is 11.3 Å². The molecule has 0 bridgehead atoms. The van der Waals surface area contributed by atoms with Crippen LogP contribution in [-0.4, -0.2) is 28.2 Å². The van der Waals surface area contributed by atoms with E-state index >= 15 is 0 Å². The Morgan fingerprint density at radius 1 is 1.36 bits per heavy atom. The van der Waals surface area contributed by atoms with Gasteiger partial charge in [-0.15, -0.1) is 11.8 Å². The third-order valence-corrected chi connectivity index (χ3v) is 5.10. The second-order valence-corrected chi connectivity index (χ2v) is 6.79. The van der Waals surface area contributed by atoms with Gasteiger partial charge in [-0.25, -0.2) is 4.79 Å². The molecule has 114 valence electrons. The largest absolute Gasteiger partial charge is 0.323 e. The van der Waals surface area contributed by atoms with Crippen LogP contribution in [0.5, 0.6) is 0 Å². The van der Waals surface area contributed by atoms with Crippen LogP contribution in [0.2, 0.25) is 10.0 Å². The Labute approximate surface area is 142 Å². The summed E-state index contributed by atoms with van der Waals surface area (Å²) in [5.41, 5.74) is 1.57. The Balaban J connectivity index is 1.76. The topological polar surface area (TPSA) is 45.2 Å². The maximum Gasteiger partial charge on any atom is 0.323 e. The fourth-order valence-electron chi connectivity index (χ4n) is 2.25. The van der Waals surface area contributed by atoms with Crippen molar-refractivity contribution in [2.75, 3.05) is 17.6 Å². The van der Waals surface area contributed by atoms with Gasteiger partial charge in [0.25, 0.3) is 0 Å². The summed E-state index contributed by atoms with van der Waals surface area (Å²) in [4.78, 5) is 18.4. The highest BCUT2D eigenvalue weighted by atomic mass is 35.5. The molecule has 1 N–H and O–H groups in total. The van der Waals surface area contributed by atoms with Gasteiger partial charge >= 0.3 is 6.03 Å². The van der Waals surface area contributed by atoms with E-state index in [9.17, 15) is 4.79 Å². The summed E-state index contributed by atoms with van der Waals surface area (Å²) >= 11 is 13.7. The van der Waals surface area contributed by atoms with E-state index in [1.54, 1.807) is 47.3 Å². The maximum absolute atomic E-state index is 12.5. The van der Waals surface area contributed by atoms with E-state index < -0.39 is 0 Å². The molecule has 4 nitrogen and oxygen atoms in total. The third-order valence-electron chi connectivity index (χ3n) is 3.29. The van der Waals surface area contributed by atoms with Crippen LogP contribution in [0.4, 0.5) is 10.5 Å². The van der Waals surface area contributed by atoms with Gasteiger partial charge in [-0.2, -0.15) is 0 Å². The molecular weight excluding hydrogens is 341 g/mol. The van der Waals surface area contributed by atoms with E-state index in [1.807, 2.05) is 12.1 Å². The van der Waals surface area contributed by atoms with Crippen LogP contribution < -0.4 is 5.32 Å². The fourth-order valence-corrected chi connectivity index (χ4v) is 3.95. The van der Waals surface area contributed by atoms with Crippen molar-refractivity contribution in [3.05, 3.63) is 58.3 Å². The van der Waals surface area contributed by atoms with E-state index in [4.69, 9.17) is 23.2 Å². The first-order chi connectivity index (χ1) is 10.6. The molecule has 1 fully saturated rings. The first-order valence-corrected chi connectivity index (χ1v) is 8.50. The van der Waals surface area contributed by atoms with Crippen LogP contribution in [-0.2, 0) is 0 Å². The molecule has 1 saturated heterocycles. The molecule has 0 saturated carbocycles. The number of carbonyl (C=O) groups excluding carboxylic acids is 1. The molecule has 0 aliphatic carbocycles. The van der Waals surface area contributed by atoms with Crippen LogP contribution in [0.25, 0.3) is 0 Å².